The van der Waals surface area contributed by atoms with Crippen molar-refractivity contribution in [3.63, 3.8) is 0 Å². The molecule has 0 spiro atoms. The Morgan fingerprint density at radius 1 is 1.47 bits per heavy atom. The van der Waals surface area contributed by atoms with E-state index in [2.05, 4.69) is 9.97 Å². The zero-order valence-corrected chi connectivity index (χ0v) is 9.36. The molecule has 0 radical (unpaired) electrons. The standard InChI is InChI=1S/C9H9N3O4S/c13-9(14)4-12-17(15,16)6-1-2-7-8(3-6)11-5-10-7/h1-3,5,12H,4H2,(H,10,11)(H,13,14). The second kappa shape index (κ2) is 4.15. The number of nitrogens with zero attached hydrogens (tertiary/aromatic N) is 1. The average Bonchev–Trinajstić information content (AvgIpc) is 2.73. The van der Waals surface area contributed by atoms with Gasteiger partial charge in [0.15, 0.2) is 0 Å². The predicted octanol–water partition coefficient (Wildman–Crippen LogP) is -0.0742. The van der Waals surface area contributed by atoms with Crippen molar-refractivity contribution in [2.24, 2.45) is 0 Å². The van der Waals surface area contributed by atoms with Crippen LogP contribution in [0.2, 0.25) is 0 Å². The van der Waals surface area contributed by atoms with Crippen molar-refractivity contribution < 1.29 is 18.3 Å². The van der Waals surface area contributed by atoms with Crippen LogP contribution >= 0.6 is 0 Å². The number of fused-ring (bicyclic) bond motifs is 1. The Labute approximate surface area is 96.5 Å². The molecule has 1 aromatic heterocycles. The number of hydrogen-bond acceptors (Lipinski definition) is 4. The number of carbonyl (C=O) groups is 1. The van der Waals surface area contributed by atoms with E-state index in [1.165, 1.54) is 18.5 Å². The summed E-state index contributed by atoms with van der Waals surface area (Å²) in [6, 6.07) is 4.31. The summed E-state index contributed by atoms with van der Waals surface area (Å²) < 4.78 is 25.4. The van der Waals surface area contributed by atoms with Gasteiger partial charge in [-0.1, -0.05) is 0 Å². The molecule has 7 nitrogen and oxygen atoms in total. The largest absolute Gasteiger partial charge is 0.480 e. The first-order valence-electron chi connectivity index (χ1n) is 4.63. The SMILES string of the molecule is O=C(O)CNS(=O)(=O)c1ccc2nc[nH]c2c1. The number of benzene rings is 1. The van der Waals surface area contributed by atoms with Crippen molar-refractivity contribution in [2.45, 2.75) is 4.90 Å². The molecule has 3 N–H and O–H groups in total. The number of aromatic nitrogens is 2. The van der Waals surface area contributed by atoms with Gasteiger partial charge in [0.05, 0.1) is 22.3 Å². The molecule has 2 aromatic rings. The van der Waals surface area contributed by atoms with Crippen LogP contribution in [0.4, 0.5) is 0 Å². The van der Waals surface area contributed by atoms with E-state index >= 15 is 0 Å². The quantitative estimate of drug-likeness (QED) is 0.707. The van der Waals surface area contributed by atoms with Gasteiger partial charge >= 0.3 is 5.97 Å². The highest BCUT2D eigenvalue weighted by molar-refractivity contribution is 7.89. The first kappa shape index (κ1) is 11.6. The molecule has 0 bridgehead atoms. The van der Waals surface area contributed by atoms with Crippen LogP contribution < -0.4 is 4.72 Å². The first-order chi connectivity index (χ1) is 7.99. The van der Waals surface area contributed by atoms with Crippen molar-refractivity contribution in [1.82, 2.24) is 14.7 Å². The zero-order valence-electron chi connectivity index (χ0n) is 8.54. The van der Waals surface area contributed by atoms with Crippen molar-refractivity contribution in [3.8, 4) is 0 Å². The summed E-state index contributed by atoms with van der Waals surface area (Å²) in [6.07, 6.45) is 1.45. The predicted molar refractivity (Wildman–Crippen MR) is 58.9 cm³/mol. The maximum Gasteiger partial charge on any atom is 0.318 e. The average molecular weight is 255 g/mol. The maximum atomic E-state index is 11.7. The molecule has 90 valence electrons. The molecular formula is C9H9N3O4S. The molecular weight excluding hydrogens is 246 g/mol. The number of carboxylic acid groups (broad SMARTS) is 1. The Hall–Kier alpha value is -1.93. The summed E-state index contributed by atoms with van der Waals surface area (Å²) in [6.45, 7) is -0.649. The Bertz CT molecular complexity index is 662. The monoisotopic (exact) mass is 255 g/mol. The van der Waals surface area contributed by atoms with Crippen molar-refractivity contribution in [3.05, 3.63) is 24.5 Å². The van der Waals surface area contributed by atoms with E-state index in [1.807, 2.05) is 4.72 Å². The molecule has 1 aromatic carbocycles. The molecule has 0 aliphatic rings. The third-order valence-electron chi connectivity index (χ3n) is 2.12. The van der Waals surface area contributed by atoms with Crippen LogP contribution in [0.3, 0.4) is 0 Å². The van der Waals surface area contributed by atoms with Crippen LogP contribution in [0.5, 0.6) is 0 Å². The lowest BCUT2D eigenvalue weighted by molar-refractivity contribution is -0.135. The minimum atomic E-state index is -3.80. The Balaban J connectivity index is 2.34. The molecule has 0 aliphatic carbocycles. The highest BCUT2D eigenvalue weighted by atomic mass is 32.2. The van der Waals surface area contributed by atoms with Crippen molar-refractivity contribution >= 4 is 27.0 Å². The summed E-state index contributed by atoms with van der Waals surface area (Å²) in [5.41, 5.74) is 1.21. The summed E-state index contributed by atoms with van der Waals surface area (Å²) in [7, 11) is -3.80. The molecule has 17 heavy (non-hydrogen) atoms. The number of imidazole rings is 1. The van der Waals surface area contributed by atoms with E-state index in [4.69, 9.17) is 5.11 Å². The molecule has 0 amide bonds. The van der Waals surface area contributed by atoms with E-state index in [0.717, 1.165) is 0 Å². The van der Waals surface area contributed by atoms with Gasteiger partial charge in [-0.25, -0.2) is 13.4 Å². The Kier molecular flexibility index (Phi) is 2.82. The highest BCUT2D eigenvalue weighted by Gasteiger charge is 2.15. The van der Waals surface area contributed by atoms with Gasteiger partial charge in [-0.2, -0.15) is 4.72 Å². The van der Waals surface area contributed by atoms with E-state index in [-0.39, 0.29) is 4.90 Å². The van der Waals surface area contributed by atoms with Gasteiger partial charge < -0.3 is 10.1 Å². The third-order valence-corrected chi connectivity index (χ3v) is 3.51. The zero-order chi connectivity index (χ0) is 12.5. The van der Waals surface area contributed by atoms with E-state index < -0.39 is 22.5 Å². The van der Waals surface area contributed by atoms with Gasteiger partial charge in [-0.3, -0.25) is 4.79 Å². The second-order valence-corrected chi connectivity index (χ2v) is 5.07. The number of H-pyrrole nitrogens is 1. The van der Waals surface area contributed by atoms with Gasteiger partial charge in [0.25, 0.3) is 0 Å². The van der Waals surface area contributed by atoms with Gasteiger partial charge in [0.1, 0.15) is 6.54 Å². The summed E-state index contributed by atoms with van der Waals surface area (Å²) >= 11 is 0. The molecule has 8 heteroatoms. The van der Waals surface area contributed by atoms with Crippen LogP contribution in [0.1, 0.15) is 0 Å². The summed E-state index contributed by atoms with van der Waals surface area (Å²) in [5.74, 6) is -1.24. The lowest BCUT2D eigenvalue weighted by atomic mass is 10.3. The number of aromatic amines is 1. The highest BCUT2D eigenvalue weighted by Crippen LogP contribution is 2.15. The number of nitrogens with one attached hydrogen (secondary N) is 2. The van der Waals surface area contributed by atoms with Gasteiger partial charge in [0, 0.05) is 0 Å². The maximum absolute atomic E-state index is 11.7. The number of hydrogen-bond donors (Lipinski definition) is 3. The van der Waals surface area contributed by atoms with Crippen molar-refractivity contribution in [1.29, 1.82) is 0 Å². The van der Waals surface area contributed by atoms with Crippen LogP contribution in [-0.4, -0.2) is 36.0 Å². The smallest absolute Gasteiger partial charge is 0.318 e. The van der Waals surface area contributed by atoms with Crippen molar-refractivity contribution in [2.75, 3.05) is 6.54 Å². The second-order valence-electron chi connectivity index (χ2n) is 3.30. The minimum absolute atomic E-state index is 0.00417. The van der Waals surface area contributed by atoms with E-state index in [0.29, 0.717) is 11.0 Å². The molecule has 0 unspecified atom stereocenters. The van der Waals surface area contributed by atoms with Crippen LogP contribution in [0.25, 0.3) is 11.0 Å². The lowest BCUT2D eigenvalue weighted by Gasteiger charge is -2.04. The van der Waals surface area contributed by atoms with Crippen LogP contribution in [0, 0.1) is 0 Å². The van der Waals surface area contributed by atoms with E-state index in [1.54, 1.807) is 6.07 Å². The van der Waals surface area contributed by atoms with E-state index in [9.17, 15) is 13.2 Å². The Morgan fingerprint density at radius 2 is 2.24 bits per heavy atom. The van der Waals surface area contributed by atoms with Gasteiger partial charge in [-0.05, 0) is 18.2 Å². The molecule has 0 fully saturated rings. The molecule has 0 atom stereocenters. The number of carboxylic acids is 1. The molecule has 1 heterocycles. The topological polar surface area (TPSA) is 112 Å². The normalized spacial score (nSPS) is 11.8. The van der Waals surface area contributed by atoms with Crippen LogP contribution in [0.15, 0.2) is 29.4 Å². The third kappa shape index (κ3) is 2.43. The first-order valence-corrected chi connectivity index (χ1v) is 6.12. The summed E-state index contributed by atoms with van der Waals surface area (Å²) in [4.78, 5) is 17.0. The molecule has 0 saturated heterocycles. The summed E-state index contributed by atoms with van der Waals surface area (Å²) in [5, 5.41) is 8.42. The molecule has 2 rings (SSSR count). The number of sulfonamides is 1. The molecule has 0 saturated carbocycles. The number of aliphatic carboxylic acids is 1. The van der Waals surface area contributed by atoms with Gasteiger partial charge in [-0.15, -0.1) is 0 Å². The van der Waals surface area contributed by atoms with Crippen LogP contribution in [-0.2, 0) is 14.8 Å². The fourth-order valence-corrected chi connectivity index (χ4v) is 2.32. The fourth-order valence-electron chi connectivity index (χ4n) is 1.32. The molecule has 0 aliphatic heterocycles. The van der Waals surface area contributed by atoms with Gasteiger partial charge in [0.2, 0.25) is 10.0 Å². The minimum Gasteiger partial charge on any atom is -0.480 e. The Morgan fingerprint density at radius 3 is 2.94 bits per heavy atom. The fraction of sp³-hybridized carbons (Fsp3) is 0.111. The number of rotatable bonds is 4. The lowest BCUT2D eigenvalue weighted by Crippen LogP contribution is -2.29.